The molecule has 1 aromatic rings. The number of aliphatic imine (C=N–C) groups is 1. The lowest BCUT2D eigenvalue weighted by Gasteiger charge is -2.17. The predicted molar refractivity (Wildman–Crippen MR) is 121 cm³/mol. The molecule has 0 aliphatic carbocycles. The summed E-state index contributed by atoms with van der Waals surface area (Å²) in [6, 6.07) is 8.14. The standard InChI is InChI=1S/C20H35N3O2.HI/c1-5-21-20(23-15-18(10-12-24)13-16(2)3)22-11-9-17-7-6-8-19(14-17)25-4;/h6-8,14,16,18,24H,5,9-13,15H2,1-4H3,(H2,21,22,23);1H. The number of aliphatic hydroxyl groups excluding tert-OH is 1. The number of ether oxygens (including phenoxy) is 1. The summed E-state index contributed by atoms with van der Waals surface area (Å²) in [7, 11) is 1.69. The van der Waals surface area contributed by atoms with E-state index >= 15 is 0 Å². The Balaban J connectivity index is 0.00000625. The molecule has 0 radical (unpaired) electrons. The van der Waals surface area contributed by atoms with E-state index < -0.39 is 0 Å². The zero-order valence-electron chi connectivity index (χ0n) is 16.6. The third-order valence-corrected chi connectivity index (χ3v) is 4.03. The second kappa shape index (κ2) is 15.1. The fourth-order valence-electron chi connectivity index (χ4n) is 2.85. The van der Waals surface area contributed by atoms with E-state index in [-0.39, 0.29) is 30.6 Å². The van der Waals surface area contributed by atoms with Gasteiger partial charge in [-0.25, -0.2) is 0 Å². The molecule has 3 N–H and O–H groups in total. The predicted octanol–water partition coefficient (Wildman–Crippen LogP) is 3.46. The highest BCUT2D eigenvalue weighted by Gasteiger charge is 2.10. The fraction of sp³-hybridized carbons (Fsp3) is 0.650. The van der Waals surface area contributed by atoms with Crippen molar-refractivity contribution >= 4 is 29.9 Å². The highest BCUT2D eigenvalue weighted by Crippen LogP contribution is 2.15. The maximum absolute atomic E-state index is 9.24. The van der Waals surface area contributed by atoms with Crippen molar-refractivity contribution in [2.75, 3.05) is 33.4 Å². The average Bonchev–Trinajstić information content (AvgIpc) is 2.59. The van der Waals surface area contributed by atoms with E-state index in [1.54, 1.807) is 7.11 Å². The molecule has 0 amide bonds. The van der Waals surface area contributed by atoms with Crippen LogP contribution < -0.4 is 15.4 Å². The normalized spacial score (nSPS) is 12.5. The summed E-state index contributed by atoms with van der Waals surface area (Å²) < 4.78 is 5.26. The number of methoxy groups -OCH3 is 1. The number of halogens is 1. The molecule has 0 heterocycles. The van der Waals surface area contributed by atoms with Crippen molar-refractivity contribution in [2.45, 2.75) is 40.0 Å². The monoisotopic (exact) mass is 477 g/mol. The molecule has 0 aromatic heterocycles. The van der Waals surface area contributed by atoms with Crippen molar-refractivity contribution in [2.24, 2.45) is 16.8 Å². The molecule has 0 bridgehead atoms. The Labute approximate surface area is 176 Å². The highest BCUT2D eigenvalue weighted by molar-refractivity contribution is 14.0. The van der Waals surface area contributed by atoms with Gasteiger partial charge in [-0.1, -0.05) is 26.0 Å². The Morgan fingerprint density at radius 1 is 1.27 bits per heavy atom. The molecule has 0 aliphatic rings. The second-order valence-corrected chi connectivity index (χ2v) is 6.76. The summed E-state index contributed by atoms with van der Waals surface area (Å²) >= 11 is 0. The van der Waals surface area contributed by atoms with E-state index in [2.05, 4.69) is 43.5 Å². The van der Waals surface area contributed by atoms with Crippen LogP contribution in [0.25, 0.3) is 0 Å². The Kier molecular flexibility index (Phi) is 14.5. The SMILES string of the molecule is CCNC(=NCC(CCO)CC(C)C)NCCc1cccc(OC)c1.I. The summed E-state index contributed by atoms with van der Waals surface area (Å²) in [6.07, 6.45) is 2.81. The second-order valence-electron chi connectivity index (χ2n) is 6.76. The molecule has 1 atom stereocenters. The molecule has 0 saturated heterocycles. The van der Waals surface area contributed by atoms with Gasteiger partial charge in [0.2, 0.25) is 0 Å². The van der Waals surface area contributed by atoms with Crippen LogP contribution in [0, 0.1) is 11.8 Å². The first-order chi connectivity index (χ1) is 12.1. The molecule has 1 unspecified atom stereocenters. The Hall–Kier alpha value is -1.02. The first kappa shape index (κ1) is 25.0. The summed E-state index contributed by atoms with van der Waals surface area (Å²) in [5.74, 6) is 2.78. The molecular formula is C20H36IN3O2. The maximum atomic E-state index is 9.24. The number of nitrogens with one attached hydrogen (secondary N) is 2. The van der Waals surface area contributed by atoms with Crippen LogP contribution in [0.1, 0.15) is 39.2 Å². The summed E-state index contributed by atoms with van der Waals surface area (Å²) in [6.45, 7) is 9.11. The quantitative estimate of drug-likeness (QED) is 0.260. The van der Waals surface area contributed by atoms with Gasteiger partial charge in [-0.15, -0.1) is 24.0 Å². The molecule has 1 rings (SSSR count). The number of hydrogen-bond donors (Lipinski definition) is 3. The number of rotatable bonds is 11. The van der Waals surface area contributed by atoms with Gasteiger partial charge in [0.05, 0.1) is 7.11 Å². The van der Waals surface area contributed by atoms with Gasteiger partial charge in [0.15, 0.2) is 5.96 Å². The Bertz CT molecular complexity index is 510. The van der Waals surface area contributed by atoms with Gasteiger partial charge in [-0.05, 0) is 55.7 Å². The van der Waals surface area contributed by atoms with Gasteiger partial charge >= 0.3 is 0 Å². The fourth-order valence-corrected chi connectivity index (χ4v) is 2.85. The third kappa shape index (κ3) is 10.9. The summed E-state index contributed by atoms with van der Waals surface area (Å²) in [5, 5.41) is 15.9. The third-order valence-electron chi connectivity index (χ3n) is 4.03. The molecule has 0 saturated carbocycles. The summed E-state index contributed by atoms with van der Waals surface area (Å²) in [4.78, 5) is 4.71. The number of benzene rings is 1. The van der Waals surface area contributed by atoms with Crippen molar-refractivity contribution in [1.82, 2.24) is 10.6 Å². The maximum Gasteiger partial charge on any atom is 0.191 e. The van der Waals surface area contributed by atoms with Crippen molar-refractivity contribution in [1.29, 1.82) is 0 Å². The van der Waals surface area contributed by atoms with Crippen molar-refractivity contribution in [3.63, 3.8) is 0 Å². The molecule has 5 nitrogen and oxygen atoms in total. The molecule has 0 spiro atoms. The minimum atomic E-state index is 0. The topological polar surface area (TPSA) is 65.9 Å². The first-order valence-electron chi connectivity index (χ1n) is 9.35. The van der Waals surface area contributed by atoms with Gasteiger partial charge in [0.25, 0.3) is 0 Å². The van der Waals surface area contributed by atoms with E-state index in [1.807, 2.05) is 12.1 Å². The lowest BCUT2D eigenvalue weighted by Crippen LogP contribution is -2.38. The number of guanidine groups is 1. The van der Waals surface area contributed by atoms with E-state index in [0.717, 1.165) is 50.6 Å². The molecular weight excluding hydrogens is 441 g/mol. The molecule has 26 heavy (non-hydrogen) atoms. The van der Waals surface area contributed by atoms with Crippen LogP contribution in [0.15, 0.2) is 29.3 Å². The summed E-state index contributed by atoms with van der Waals surface area (Å²) in [5.41, 5.74) is 1.24. The average molecular weight is 477 g/mol. The molecule has 6 heteroatoms. The Morgan fingerprint density at radius 3 is 2.65 bits per heavy atom. The van der Waals surface area contributed by atoms with Gasteiger partial charge in [-0.3, -0.25) is 4.99 Å². The largest absolute Gasteiger partial charge is 0.497 e. The number of hydrogen-bond acceptors (Lipinski definition) is 3. The van der Waals surface area contributed by atoms with Gasteiger partial charge < -0.3 is 20.5 Å². The zero-order valence-corrected chi connectivity index (χ0v) is 19.0. The highest BCUT2D eigenvalue weighted by atomic mass is 127. The van der Waals surface area contributed by atoms with Crippen LogP contribution in [-0.4, -0.2) is 44.4 Å². The lowest BCUT2D eigenvalue weighted by molar-refractivity contribution is 0.245. The lowest BCUT2D eigenvalue weighted by atomic mass is 9.94. The molecule has 1 aromatic carbocycles. The molecule has 0 aliphatic heterocycles. The van der Waals surface area contributed by atoms with Gasteiger partial charge in [0.1, 0.15) is 5.75 Å². The van der Waals surface area contributed by atoms with Crippen LogP contribution in [0.4, 0.5) is 0 Å². The smallest absolute Gasteiger partial charge is 0.191 e. The van der Waals surface area contributed by atoms with Gasteiger partial charge in [0, 0.05) is 26.2 Å². The van der Waals surface area contributed by atoms with E-state index in [9.17, 15) is 5.11 Å². The zero-order chi connectivity index (χ0) is 18.5. The van der Waals surface area contributed by atoms with Crippen LogP contribution >= 0.6 is 24.0 Å². The van der Waals surface area contributed by atoms with Crippen LogP contribution in [0.2, 0.25) is 0 Å². The van der Waals surface area contributed by atoms with Crippen LogP contribution in [-0.2, 0) is 6.42 Å². The number of aliphatic hydroxyl groups is 1. The van der Waals surface area contributed by atoms with Gasteiger partial charge in [-0.2, -0.15) is 0 Å². The molecule has 150 valence electrons. The van der Waals surface area contributed by atoms with E-state index in [0.29, 0.717) is 11.8 Å². The van der Waals surface area contributed by atoms with E-state index in [4.69, 9.17) is 9.73 Å². The molecule has 0 fully saturated rings. The first-order valence-corrected chi connectivity index (χ1v) is 9.35. The number of nitrogens with zero attached hydrogens (tertiary/aromatic N) is 1. The van der Waals surface area contributed by atoms with E-state index in [1.165, 1.54) is 5.56 Å². The van der Waals surface area contributed by atoms with Crippen LogP contribution in [0.3, 0.4) is 0 Å². The van der Waals surface area contributed by atoms with Crippen molar-refractivity contribution in [3.05, 3.63) is 29.8 Å². The van der Waals surface area contributed by atoms with Crippen molar-refractivity contribution < 1.29 is 9.84 Å². The minimum Gasteiger partial charge on any atom is -0.497 e. The minimum absolute atomic E-state index is 0. The van der Waals surface area contributed by atoms with Crippen molar-refractivity contribution in [3.8, 4) is 5.75 Å². The Morgan fingerprint density at radius 2 is 2.04 bits per heavy atom. The van der Waals surface area contributed by atoms with Crippen LogP contribution in [0.5, 0.6) is 5.75 Å².